The summed E-state index contributed by atoms with van der Waals surface area (Å²) in [6.07, 6.45) is 0. The summed E-state index contributed by atoms with van der Waals surface area (Å²) < 4.78 is 0. The molecular formula is C29H22. The second-order valence-corrected chi connectivity index (χ2v) is 5.98. The minimum absolute atomic E-state index is 0. The molecule has 0 aliphatic carbocycles. The zero-order valence-electron chi connectivity index (χ0n) is 15.9. The molecule has 0 unspecified atom stereocenters. The quantitative estimate of drug-likeness (QED) is 0.435. The van der Waals surface area contributed by atoms with Gasteiger partial charge in [-0.2, -0.15) is 0 Å². The van der Waals surface area contributed by atoms with Crippen LogP contribution in [0.3, 0.4) is 0 Å². The van der Waals surface area contributed by atoms with Gasteiger partial charge >= 0.3 is 0 Å². The summed E-state index contributed by atoms with van der Waals surface area (Å²) in [4.78, 5) is 0. The van der Waals surface area contributed by atoms with Crippen molar-refractivity contribution in [1.82, 2.24) is 0 Å². The molecule has 0 aliphatic rings. The van der Waals surface area contributed by atoms with Crippen LogP contribution in [0, 0.1) is 47.4 Å². The summed E-state index contributed by atoms with van der Waals surface area (Å²) in [5.41, 5.74) is 5.88. The third kappa shape index (κ3) is 6.53. The van der Waals surface area contributed by atoms with E-state index in [1.54, 1.807) is 0 Å². The van der Waals surface area contributed by atoms with Crippen LogP contribution in [0.25, 0.3) is 0 Å². The molecule has 0 bridgehead atoms. The number of hydrogen-bond donors (Lipinski definition) is 0. The SMILES string of the molecule is C.CC#Cc1ccc(C#Cc2ccc(C#Cc3ccc(C#CC)cc3)cc2)cc1. The molecule has 0 saturated heterocycles. The Morgan fingerprint density at radius 1 is 0.345 bits per heavy atom. The topological polar surface area (TPSA) is 0 Å². The van der Waals surface area contributed by atoms with Crippen LogP contribution >= 0.6 is 0 Å². The average molecular weight is 370 g/mol. The van der Waals surface area contributed by atoms with Gasteiger partial charge in [-0.05, 0) is 86.6 Å². The molecule has 0 N–H and O–H groups in total. The summed E-state index contributed by atoms with van der Waals surface area (Å²) in [5.74, 6) is 24.6. The highest BCUT2D eigenvalue weighted by Gasteiger charge is 1.92. The Bertz CT molecular complexity index is 1090. The van der Waals surface area contributed by atoms with Gasteiger partial charge in [0.2, 0.25) is 0 Å². The molecule has 3 aromatic carbocycles. The maximum Gasteiger partial charge on any atom is 0.0249 e. The molecule has 0 heteroatoms. The van der Waals surface area contributed by atoms with E-state index in [4.69, 9.17) is 0 Å². The molecule has 0 nitrogen and oxygen atoms in total. The fourth-order valence-electron chi connectivity index (χ4n) is 2.49. The van der Waals surface area contributed by atoms with E-state index >= 15 is 0 Å². The number of rotatable bonds is 0. The first-order chi connectivity index (χ1) is 13.8. The molecule has 0 amide bonds. The molecule has 0 aromatic heterocycles. The lowest BCUT2D eigenvalue weighted by Crippen LogP contribution is -1.80. The van der Waals surface area contributed by atoms with E-state index in [0.717, 1.165) is 33.4 Å². The van der Waals surface area contributed by atoms with E-state index in [9.17, 15) is 0 Å². The molecule has 0 fully saturated rings. The number of benzene rings is 3. The maximum atomic E-state index is 3.18. The van der Waals surface area contributed by atoms with Crippen molar-refractivity contribution in [2.45, 2.75) is 21.3 Å². The van der Waals surface area contributed by atoms with Gasteiger partial charge in [0.1, 0.15) is 0 Å². The summed E-state index contributed by atoms with van der Waals surface area (Å²) >= 11 is 0. The van der Waals surface area contributed by atoms with Crippen molar-refractivity contribution in [1.29, 1.82) is 0 Å². The van der Waals surface area contributed by atoms with Crippen LogP contribution in [-0.2, 0) is 0 Å². The molecule has 3 aromatic rings. The molecular weight excluding hydrogens is 348 g/mol. The third-order valence-electron chi connectivity index (χ3n) is 3.90. The van der Waals surface area contributed by atoms with Gasteiger partial charge in [0.15, 0.2) is 0 Å². The summed E-state index contributed by atoms with van der Waals surface area (Å²) in [5, 5.41) is 0. The monoisotopic (exact) mass is 370 g/mol. The second-order valence-electron chi connectivity index (χ2n) is 5.98. The highest BCUT2D eigenvalue weighted by Crippen LogP contribution is 2.06. The van der Waals surface area contributed by atoms with Crippen LogP contribution in [0.4, 0.5) is 0 Å². The van der Waals surface area contributed by atoms with E-state index in [1.807, 2.05) is 86.6 Å². The minimum Gasteiger partial charge on any atom is -0.101 e. The fourth-order valence-corrected chi connectivity index (χ4v) is 2.49. The van der Waals surface area contributed by atoms with E-state index in [0.29, 0.717) is 0 Å². The molecule has 0 heterocycles. The Morgan fingerprint density at radius 2 is 0.517 bits per heavy atom. The molecule has 0 aliphatic heterocycles. The van der Waals surface area contributed by atoms with Gasteiger partial charge in [-0.1, -0.05) is 42.9 Å². The van der Waals surface area contributed by atoms with Gasteiger partial charge in [0, 0.05) is 33.4 Å². The van der Waals surface area contributed by atoms with Crippen molar-refractivity contribution >= 4 is 0 Å². The fraction of sp³-hybridized carbons (Fsp3) is 0.103. The minimum atomic E-state index is 0. The van der Waals surface area contributed by atoms with Crippen LogP contribution < -0.4 is 0 Å². The first-order valence-corrected chi connectivity index (χ1v) is 8.96. The lowest BCUT2D eigenvalue weighted by Gasteiger charge is -1.94. The summed E-state index contributed by atoms with van der Waals surface area (Å²) in [7, 11) is 0. The molecule has 0 atom stereocenters. The van der Waals surface area contributed by atoms with Gasteiger partial charge in [0.25, 0.3) is 0 Å². The van der Waals surface area contributed by atoms with Crippen molar-refractivity contribution in [3.63, 3.8) is 0 Å². The van der Waals surface area contributed by atoms with Crippen molar-refractivity contribution in [3.05, 3.63) is 106 Å². The lowest BCUT2D eigenvalue weighted by atomic mass is 10.1. The van der Waals surface area contributed by atoms with Crippen LogP contribution in [0.15, 0.2) is 72.8 Å². The van der Waals surface area contributed by atoms with E-state index < -0.39 is 0 Å². The predicted octanol–water partition coefficient (Wildman–Crippen LogP) is 5.87. The third-order valence-corrected chi connectivity index (χ3v) is 3.90. The Hall–Kier alpha value is -4.10. The van der Waals surface area contributed by atoms with Gasteiger partial charge < -0.3 is 0 Å². The summed E-state index contributed by atoms with van der Waals surface area (Å²) in [6.45, 7) is 3.67. The normalized spacial score (nSPS) is 8.34. The standard InChI is InChI=1S/C28H18.CH4/c1-3-5-23-7-11-25(12-8-23)15-17-27-19-21-28(22-20-27)18-16-26-13-9-24(6-4-2)10-14-26;/h7-14,19-22H,1-2H3;1H4. The summed E-state index contributed by atoms with van der Waals surface area (Å²) in [6, 6.07) is 23.9. The van der Waals surface area contributed by atoms with Gasteiger partial charge in [0.05, 0.1) is 0 Å². The van der Waals surface area contributed by atoms with Crippen molar-refractivity contribution in [3.8, 4) is 47.4 Å². The molecule has 138 valence electrons. The number of hydrogen-bond acceptors (Lipinski definition) is 0. The van der Waals surface area contributed by atoms with Gasteiger partial charge in [-0.25, -0.2) is 0 Å². The Morgan fingerprint density at radius 3 is 0.690 bits per heavy atom. The average Bonchev–Trinajstić information content (AvgIpc) is 2.74. The van der Waals surface area contributed by atoms with E-state index in [2.05, 4.69) is 47.4 Å². The van der Waals surface area contributed by atoms with Crippen LogP contribution in [0.5, 0.6) is 0 Å². The second kappa shape index (κ2) is 10.9. The maximum absolute atomic E-state index is 3.18. The molecule has 0 radical (unpaired) electrons. The van der Waals surface area contributed by atoms with Crippen molar-refractivity contribution in [2.24, 2.45) is 0 Å². The molecule has 0 saturated carbocycles. The first-order valence-electron chi connectivity index (χ1n) is 8.96. The molecule has 3 rings (SSSR count). The van der Waals surface area contributed by atoms with E-state index in [-0.39, 0.29) is 7.43 Å². The predicted molar refractivity (Wildman–Crippen MR) is 123 cm³/mol. The van der Waals surface area contributed by atoms with Crippen molar-refractivity contribution < 1.29 is 0 Å². The zero-order valence-corrected chi connectivity index (χ0v) is 15.9. The Kier molecular flexibility index (Phi) is 7.97. The largest absolute Gasteiger partial charge is 0.101 e. The Labute approximate surface area is 175 Å². The van der Waals surface area contributed by atoms with Gasteiger partial charge in [-0.15, -0.1) is 11.8 Å². The lowest BCUT2D eigenvalue weighted by molar-refractivity contribution is 1.57. The molecule has 0 spiro atoms. The highest BCUT2D eigenvalue weighted by atomic mass is 14.0. The van der Waals surface area contributed by atoms with Crippen LogP contribution in [0.1, 0.15) is 54.7 Å². The van der Waals surface area contributed by atoms with Crippen LogP contribution in [-0.4, -0.2) is 0 Å². The van der Waals surface area contributed by atoms with Crippen LogP contribution in [0.2, 0.25) is 0 Å². The first kappa shape index (κ1) is 21.2. The van der Waals surface area contributed by atoms with Crippen molar-refractivity contribution in [2.75, 3.05) is 0 Å². The van der Waals surface area contributed by atoms with E-state index in [1.165, 1.54) is 0 Å². The highest BCUT2D eigenvalue weighted by molar-refractivity contribution is 5.49. The Balaban J connectivity index is 0.00000300. The smallest absolute Gasteiger partial charge is 0.0249 e. The van der Waals surface area contributed by atoms with Gasteiger partial charge in [-0.3, -0.25) is 0 Å². The molecule has 29 heavy (non-hydrogen) atoms. The zero-order chi connectivity index (χ0) is 19.6.